The fourth-order valence-corrected chi connectivity index (χ4v) is 3.18. The maximum Gasteiger partial charge on any atom is 0.271 e. The van der Waals surface area contributed by atoms with Crippen molar-refractivity contribution in [2.24, 2.45) is 0 Å². The summed E-state index contributed by atoms with van der Waals surface area (Å²) in [5.41, 5.74) is 2.59. The van der Waals surface area contributed by atoms with Gasteiger partial charge in [0.25, 0.3) is 5.56 Å². The summed E-state index contributed by atoms with van der Waals surface area (Å²) in [7, 11) is 0. The molecule has 4 rings (SSSR count). The lowest BCUT2D eigenvalue weighted by Crippen LogP contribution is -2.47. The third kappa shape index (κ3) is 3.27. The summed E-state index contributed by atoms with van der Waals surface area (Å²) in [5, 5.41) is 9.02. The quantitative estimate of drug-likeness (QED) is 0.773. The van der Waals surface area contributed by atoms with Crippen LogP contribution in [0.3, 0.4) is 0 Å². The minimum absolute atomic E-state index is 0.130. The number of benzene rings is 1. The zero-order chi connectivity index (χ0) is 17.9. The first kappa shape index (κ1) is 16.2. The monoisotopic (exact) mass is 346 g/mol. The number of hydrogen-bond donors (Lipinski definition) is 1. The van der Waals surface area contributed by atoms with Gasteiger partial charge in [-0.25, -0.2) is 9.97 Å². The van der Waals surface area contributed by atoms with Crippen molar-refractivity contribution in [2.75, 3.05) is 31.1 Å². The molecule has 1 N–H and O–H groups in total. The zero-order valence-corrected chi connectivity index (χ0v) is 14.2. The Labute approximate surface area is 150 Å². The molecule has 0 atom stereocenters. The summed E-state index contributed by atoms with van der Waals surface area (Å²) in [6.45, 7) is 3.75. The highest BCUT2D eigenvalue weighted by atomic mass is 16.1. The molecule has 0 saturated carbocycles. The summed E-state index contributed by atoms with van der Waals surface area (Å²) in [5.74, 6) is 0.824. The van der Waals surface area contributed by atoms with E-state index in [9.17, 15) is 4.79 Å². The molecule has 0 spiro atoms. The molecule has 1 aromatic carbocycles. The molecule has 3 heterocycles. The number of aromatic amines is 1. The van der Waals surface area contributed by atoms with Crippen LogP contribution in [-0.2, 0) is 6.54 Å². The van der Waals surface area contributed by atoms with Crippen molar-refractivity contribution in [1.29, 1.82) is 5.26 Å². The lowest BCUT2D eigenvalue weighted by molar-refractivity contribution is 0.246. The molecular formula is C19H18N6O. The fraction of sp³-hybridized carbons (Fsp3) is 0.263. The standard InChI is InChI=1S/C19H18N6O/c20-12-14-5-6-21-18(11-14)25-9-7-24(8-10-25)13-17-19(26)23-16-4-2-1-3-15(16)22-17/h1-6,11H,7-10,13H2,(H,23,26). The molecule has 0 bridgehead atoms. The highest BCUT2D eigenvalue weighted by molar-refractivity contribution is 5.73. The van der Waals surface area contributed by atoms with Crippen molar-refractivity contribution in [3.05, 3.63) is 64.2 Å². The van der Waals surface area contributed by atoms with E-state index < -0.39 is 0 Å². The van der Waals surface area contributed by atoms with E-state index in [1.165, 1.54) is 0 Å². The van der Waals surface area contributed by atoms with Crippen LogP contribution in [0, 0.1) is 11.3 Å². The molecule has 0 amide bonds. The number of aromatic nitrogens is 3. The van der Waals surface area contributed by atoms with E-state index in [1.807, 2.05) is 30.3 Å². The normalized spacial score (nSPS) is 15.1. The molecule has 2 aromatic heterocycles. The maximum atomic E-state index is 12.3. The second-order valence-corrected chi connectivity index (χ2v) is 6.31. The van der Waals surface area contributed by atoms with Crippen LogP contribution in [0.4, 0.5) is 5.82 Å². The smallest absolute Gasteiger partial charge is 0.271 e. The Balaban J connectivity index is 1.45. The van der Waals surface area contributed by atoms with Gasteiger partial charge in [-0.2, -0.15) is 5.26 Å². The van der Waals surface area contributed by atoms with Crippen molar-refractivity contribution in [3.8, 4) is 6.07 Å². The molecule has 3 aromatic rings. The third-order valence-corrected chi connectivity index (χ3v) is 4.61. The van der Waals surface area contributed by atoms with E-state index in [0.29, 0.717) is 17.8 Å². The molecule has 1 saturated heterocycles. The largest absolute Gasteiger partial charge is 0.354 e. The fourth-order valence-electron chi connectivity index (χ4n) is 3.18. The van der Waals surface area contributed by atoms with Crippen LogP contribution in [0.1, 0.15) is 11.3 Å². The average Bonchev–Trinajstić information content (AvgIpc) is 2.69. The lowest BCUT2D eigenvalue weighted by Gasteiger charge is -2.35. The van der Waals surface area contributed by atoms with Gasteiger partial charge < -0.3 is 9.88 Å². The van der Waals surface area contributed by atoms with Gasteiger partial charge in [0.15, 0.2) is 0 Å². The number of nitrogens with zero attached hydrogens (tertiary/aromatic N) is 5. The highest BCUT2D eigenvalue weighted by Crippen LogP contribution is 2.15. The second kappa shape index (κ2) is 6.94. The average molecular weight is 346 g/mol. The van der Waals surface area contributed by atoms with Crippen LogP contribution >= 0.6 is 0 Å². The third-order valence-electron chi connectivity index (χ3n) is 4.61. The van der Waals surface area contributed by atoms with Gasteiger partial charge in [-0.3, -0.25) is 9.69 Å². The van der Waals surface area contributed by atoms with E-state index in [1.54, 1.807) is 12.3 Å². The molecule has 0 unspecified atom stereocenters. The van der Waals surface area contributed by atoms with Gasteiger partial charge in [0.05, 0.1) is 22.7 Å². The molecule has 7 nitrogen and oxygen atoms in total. The minimum atomic E-state index is -0.130. The van der Waals surface area contributed by atoms with Crippen LogP contribution in [0.15, 0.2) is 47.4 Å². The van der Waals surface area contributed by atoms with Crippen LogP contribution in [0.5, 0.6) is 0 Å². The van der Waals surface area contributed by atoms with Crippen molar-refractivity contribution in [2.45, 2.75) is 6.54 Å². The Morgan fingerprint density at radius 3 is 2.77 bits per heavy atom. The minimum Gasteiger partial charge on any atom is -0.354 e. The molecule has 130 valence electrons. The number of nitriles is 1. The zero-order valence-electron chi connectivity index (χ0n) is 14.2. The number of nitrogens with one attached hydrogen (secondary N) is 1. The van der Waals surface area contributed by atoms with E-state index in [-0.39, 0.29) is 5.56 Å². The van der Waals surface area contributed by atoms with Crippen molar-refractivity contribution in [1.82, 2.24) is 19.9 Å². The predicted octanol–water partition coefficient (Wildman–Crippen LogP) is 1.51. The number of hydrogen-bond acceptors (Lipinski definition) is 6. The summed E-state index contributed by atoms with van der Waals surface area (Å²) in [4.78, 5) is 28.4. The first-order valence-corrected chi connectivity index (χ1v) is 8.54. The van der Waals surface area contributed by atoms with E-state index in [0.717, 1.165) is 43.0 Å². The lowest BCUT2D eigenvalue weighted by atomic mass is 10.2. The molecular weight excluding hydrogens is 328 g/mol. The SMILES string of the molecule is N#Cc1ccnc(N2CCN(Cc3nc4ccccc4[nH]c3=O)CC2)c1. The number of pyridine rings is 1. The first-order chi connectivity index (χ1) is 12.7. The molecule has 26 heavy (non-hydrogen) atoms. The molecule has 0 radical (unpaired) electrons. The van der Waals surface area contributed by atoms with Crippen molar-refractivity contribution >= 4 is 16.9 Å². The number of rotatable bonds is 3. The van der Waals surface area contributed by atoms with Gasteiger partial charge in [0.2, 0.25) is 0 Å². The van der Waals surface area contributed by atoms with Gasteiger partial charge in [-0.05, 0) is 24.3 Å². The number of para-hydroxylation sites is 2. The Bertz CT molecular complexity index is 1030. The Morgan fingerprint density at radius 2 is 1.96 bits per heavy atom. The number of H-pyrrole nitrogens is 1. The summed E-state index contributed by atoms with van der Waals surface area (Å²) >= 11 is 0. The molecule has 1 aliphatic rings. The van der Waals surface area contributed by atoms with E-state index in [2.05, 4.69) is 30.8 Å². The molecule has 0 aliphatic carbocycles. The predicted molar refractivity (Wildman–Crippen MR) is 98.8 cm³/mol. The number of piperazine rings is 1. The van der Waals surface area contributed by atoms with Crippen molar-refractivity contribution in [3.63, 3.8) is 0 Å². The van der Waals surface area contributed by atoms with Crippen LogP contribution in [0.2, 0.25) is 0 Å². The number of fused-ring (bicyclic) bond motifs is 1. The number of anilines is 1. The summed E-state index contributed by atoms with van der Waals surface area (Å²) in [6, 6.07) is 13.2. The van der Waals surface area contributed by atoms with Crippen molar-refractivity contribution < 1.29 is 0 Å². The Kier molecular flexibility index (Phi) is 4.33. The van der Waals surface area contributed by atoms with Crippen LogP contribution < -0.4 is 10.5 Å². The van der Waals surface area contributed by atoms with Gasteiger partial charge in [-0.1, -0.05) is 12.1 Å². The van der Waals surface area contributed by atoms with E-state index >= 15 is 0 Å². The van der Waals surface area contributed by atoms with E-state index in [4.69, 9.17) is 5.26 Å². The van der Waals surface area contributed by atoms with Gasteiger partial charge in [0, 0.05) is 38.9 Å². The topological polar surface area (TPSA) is 88.9 Å². The van der Waals surface area contributed by atoms with Gasteiger partial charge in [0.1, 0.15) is 11.5 Å². The van der Waals surface area contributed by atoms with Gasteiger partial charge in [-0.15, -0.1) is 0 Å². The molecule has 7 heteroatoms. The molecule has 1 fully saturated rings. The van der Waals surface area contributed by atoms with Crippen LogP contribution in [-0.4, -0.2) is 46.0 Å². The highest BCUT2D eigenvalue weighted by Gasteiger charge is 2.20. The van der Waals surface area contributed by atoms with Gasteiger partial charge >= 0.3 is 0 Å². The molecule has 1 aliphatic heterocycles. The second-order valence-electron chi connectivity index (χ2n) is 6.31. The first-order valence-electron chi connectivity index (χ1n) is 8.54. The Morgan fingerprint density at radius 1 is 1.15 bits per heavy atom. The summed E-state index contributed by atoms with van der Waals surface area (Å²) < 4.78 is 0. The summed E-state index contributed by atoms with van der Waals surface area (Å²) in [6.07, 6.45) is 1.67. The maximum absolute atomic E-state index is 12.3. The Hall–Kier alpha value is -3.24. The van der Waals surface area contributed by atoms with Crippen LogP contribution in [0.25, 0.3) is 11.0 Å².